The van der Waals surface area contributed by atoms with Gasteiger partial charge in [-0.15, -0.1) is 0 Å². The first-order valence-corrected chi connectivity index (χ1v) is 11.6. The highest BCUT2D eigenvalue weighted by atomic mass is 19.1. The highest BCUT2D eigenvalue weighted by molar-refractivity contribution is 5.88. The minimum atomic E-state index is -1.19. The quantitative estimate of drug-likeness (QED) is 0.459. The summed E-state index contributed by atoms with van der Waals surface area (Å²) in [4.78, 5) is 19.0. The molecule has 0 bridgehead atoms. The maximum atomic E-state index is 13.4. The maximum Gasteiger partial charge on any atom is 0.246 e. The van der Waals surface area contributed by atoms with E-state index in [1.807, 2.05) is 35.9 Å². The van der Waals surface area contributed by atoms with E-state index >= 15 is 0 Å². The molecule has 0 aliphatic carbocycles. The van der Waals surface area contributed by atoms with Crippen LogP contribution < -0.4 is 0 Å². The number of ether oxygens (including phenoxy) is 1. The zero-order valence-electron chi connectivity index (χ0n) is 20.2. The van der Waals surface area contributed by atoms with Crippen molar-refractivity contribution in [1.82, 2.24) is 14.5 Å². The Kier molecular flexibility index (Phi) is 8.96. The zero-order valence-corrected chi connectivity index (χ0v) is 20.2. The number of carbonyl (C=O) groups is 1. The van der Waals surface area contributed by atoms with Crippen molar-refractivity contribution in [1.29, 1.82) is 0 Å². The van der Waals surface area contributed by atoms with Crippen LogP contribution in [0, 0.1) is 12.7 Å². The van der Waals surface area contributed by atoms with Crippen LogP contribution in [0.25, 0.3) is 0 Å². The molecule has 1 amide bonds. The van der Waals surface area contributed by atoms with E-state index in [1.165, 1.54) is 18.2 Å². The lowest BCUT2D eigenvalue weighted by molar-refractivity contribution is -0.129. The normalized spacial score (nSPS) is 20.7. The number of methoxy groups -OCH3 is 1. The molecular formula is C27H34FN3O3. The van der Waals surface area contributed by atoms with E-state index in [2.05, 4.69) is 11.9 Å². The Morgan fingerprint density at radius 2 is 2.03 bits per heavy atom. The summed E-state index contributed by atoms with van der Waals surface area (Å²) < 4.78 is 20.6. The van der Waals surface area contributed by atoms with Crippen LogP contribution in [-0.2, 0) is 15.1 Å². The van der Waals surface area contributed by atoms with Crippen molar-refractivity contribution < 1.29 is 19.0 Å². The lowest BCUT2D eigenvalue weighted by atomic mass is 9.89. The first-order chi connectivity index (χ1) is 16.3. The van der Waals surface area contributed by atoms with Crippen LogP contribution in [0.3, 0.4) is 0 Å². The van der Waals surface area contributed by atoms with Crippen molar-refractivity contribution in [3.8, 4) is 0 Å². The van der Waals surface area contributed by atoms with Gasteiger partial charge in [0.2, 0.25) is 5.91 Å². The Morgan fingerprint density at radius 1 is 1.26 bits per heavy atom. The Bertz CT molecular complexity index is 1040. The summed E-state index contributed by atoms with van der Waals surface area (Å²) in [6, 6.07) is 5.98. The molecule has 1 aromatic heterocycles. The minimum Gasteiger partial charge on any atom is -0.383 e. The van der Waals surface area contributed by atoms with Crippen molar-refractivity contribution in [2.24, 2.45) is 0 Å². The van der Waals surface area contributed by atoms with Crippen LogP contribution in [0.1, 0.15) is 43.5 Å². The fourth-order valence-corrected chi connectivity index (χ4v) is 4.03. The van der Waals surface area contributed by atoms with Crippen LogP contribution in [-0.4, -0.2) is 52.3 Å². The maximum absolute atomic E-state index is 13.4. The fraction of sp³-hybridized carbons (Fsp3) is 0.407. The molecule has 2 heterocycles. The Morgan fingerprint density at radius 3 is 2.71 bits per heavy atom. The number of allylic oxidation sites excluding steroid dienone is 4. The Hall–Kier alpha value is -3.03. The van der Waals surface area contributed by atoms with Crippen LogP contribution in [0.5, 0.6) is 0 Å². The van der Waals surface area contributed by atoms with Gasteiger partial charge in [0.05, 0.1) is 31.2 Å². The number of imidazole rings is 1. The molecule has 1 N–H and O–H groups in total. The van der Waals surface area contributed by atoms with Crippen molar-refractivity contribution >= 4 is 5.91 Å². The van der Waals surface area contributed by atoms with Crippen LogP contribution >= 0.6 is 0 Å². The summed E-state index contributed by atoms with van der Waals surface area (Å²) in [6.45, 7) is 5.17. The van der Waals surface area contributed by atoms with E-state index in [0.717, 1.165) is 24.1 Å². The van der Waals surface area contributed by atoms with Crippen molar-refractivity contribution in [2.75, 3.05) is 26.8 Å². The molecular weight excluding hydrogens is 433 g/mol. The second kappa shape index (κ2) is 11.9. The lowest BCUT2D eigenvalue weighted by Gasteiger charge is -2.31. The molecule has 182 valence electrons. The van der Waals surface area contributed by atoms with Crippen LogP contribution in [0.2, 0.25) is 0 Å². The highest BCUT2D eigenvalue weighted by Gasteiger charge is 2.34. The molecule has 6 nitrogen and oxygen atoms in total. The van der Waals surface area contributed by atoms with E-state index < -0.39 is 5.60 Å². The number of hydrogen-bond donors (Lipinski definition) is 1. The standard InChI is InChI=1S/C27H34FN3O3/c1-21-18-31(20-29-21)22(2)6-7-23(14-17-34-3)8-13-26(32)30-16-5-4-15-27(33,19-30)24-9-11-25(28)12-10-24/h6-14,18,20,22,33H,4-5,15-17,19H2,1-3H3/b7-6-,13-8+,23-14+. The highest BCUT2D eigenvalue weighted by Crippen LogP contribution is 2.31. The molecule has 1 fully saturated rings. The van der Waals surface area contributed by atoms with Gasteiger partial charge in [0.25, 0.3) is 0 Å². The minimum absolute atomic E-state index is 0.104. The molecule has 7 heteroatoms. The summed E-state index contributed by atoms with van der Waals surface area (Å²) in [5, 5.41) is 11.3. The predicted octanol–water partition coefficient (Wildman–Crippen LogP) is 4.48. The van der Waals surface area contributed by atoms with E-state index in [0.29, 0.717) is 25.1 Å². The Balaban J connectivity index is 1.72. The number of amides is 1. The molecule has 2 unspecified atom stereocenters. The summed E-state index contributed by atoms with van der Waals surface area (Å²) in [6.07, 6.45) is 15.1. The zero-order chi connectivity index (χ0) is 24.6. The molecule has 1 aliphatic rings. The number of benzene rings is 1. The van der Waals surface area contributed by atoms with Gasteiger partial charge in [-0.05, 0) is 62.5 Å². The molecule has 3 rings (SSSR count). The number of hydrogen-bond acceptors (Lipinski definition) is 4. The van der Waals surface area contributed by atoms with Crippen molar-refractivity contribution in [3.63, 3.8) is 0 Å². The molecule has 1 aromatic carbocycles. The summed E-state index contributed by atoms with van der Waals surface area (Å²) in [5.74, 6) is -0.518. The fourth-order valence-electron chi connectivity index (χ4n) is 4.03. The average Bonchev–Trinajstić information content (AvgIpc) is 3.16. The van der Waals surface area contributed by atoms with Gasteiger partial charge in [-0.25, -0.2) is 9.37 Å². The van der Waals surface area contributed by atoms with Crippen molar-refractivity contribution in [2.45, 2.75) is 44.8 Å². The van der Waals surface area contributed by atoms with Gasteiger partial charge < -0.3 is 19.3 Å². The van der Waals surface area contributed by atoms with Crippen LogP contribution in [0.4, 0.5) is 4.39 Å². The summed E-state index contributed by atoms with van der Waals surface area (Å²) >= 11 is 0. The number of aryl methyl sites for hydroxylation is 1. The molecule has 1 saturated heterocycles. The number of aliphatic hydroxyl groups is 1. The van der Waals surface area contributed by atoms with E-state index in [1.54, 1.807) is 36.5 Å². The van der Waals surface area contributed by atoms with Gasteiger partial charge >= 0.3 is 0 Å². The van der Waals surface area contributed by atoms with Gasteiger partial charge in [0.1, 0.15) is 11.4 Å². The number of nitrogens with zero attached hydrogens (tertiary/aromatic N) is 3. The second-order valence-electron chi connectivity index (χ2n) is 8.81. The molecule has 0 spiro atoms. The van der Waals surface area contributed by atoms with Gasteiger partial charge in [-0.2, -0.15) is 0 Å². The monoisotopic (exact) mass is 467 g/mol. The Labute approximate surface area is 201 Å². The average molecular weight is 468 g/mol. The van der Waals surface area contributed by atoms with Crippen molar-refractivity contribution in [3.05, 3.63) is 89.8 Å². The first-order valence-electron chi connectivity index (χ1n) is 11.6. The van der Waals surface area contributed by atoms with Gasteiger partial charge in [0.15, 0.2) is 0 Å². The molecule has 34 heavy (non-hydrogen) atoms. The molecule has 1 aliphatic heterocycles. The van der Waals surface area contributed by atoms with E-state index in [9.17, 15) is 14.3 Å². The number of rotatable bonds is 8. The predicted molar refractivity (Wildman–Crippen MR) is 131 cm³/mol. The first kappa shape index (κ1) is 25.6. The lowest BCUT2D eigenvalue weighted by Crippen LogP contribution is -2.42. The third kappa shape index (κ3) is 6.98. The number of halogens is 1. The smallest absolute Gasteiger partial charge is 0.246 e. The van der Waals surface area contributed by atoms with E-state index in [4.69, 9.17) is 4.74 Å². The third-order valence-corrected chi connectivity index (χ3v) is 6.09. The van der Waals surface area contributed by atoms with Gasteiger partial charge in [-0.1, -0.05) is 30.4 Å². The number of likely N-dealkylation sites (tertiary alicyclic amines) is 1. The number of aromatic nitrogens is 2. The van der Waals surface area contributed by atoms with Gasteiger partial charge in [-0.3, -0.25) is 4.79 Å². The molecule has 0 radical (unpaired) electrons. The second-order valence-corrected chi connectivity index (χ2v) is 8.81. The topological polar surface area (TPSA) is 67.6 Å². The largest absolute Gasteiger partial charge is 0.383 e. The number of β-amino-alcohol motifs (C(OH)–C–C–N with tert-alkyl or cyclic N) is 1. The molecule has 0 saturated carbocycles. The summed E-state index contributed by atoms with van der Waals surface area (Å²) in [7, 11) is 1.62. The number of carbonyl (C=O) groups excluding carboxylic acids is 1. The molecule has 2 aromatic rings. The summed E-state index contributed by atoms with van der Waals surface area (Å²) in [5.41, 5.74) is 1.24. The molecule has 2 atom stereocenters. The van der Waals surface area contributed by atoms with E-state index in [-0.39, 0.29) is 24.3 Å². The SMILES string of the molecule is COC/C=C(\C=C/C(C)n1cnc(C)c1)/C=C/C(=O)N1CCCCC(O)(c2ccc(F)cc2)C1. The van der Waals surface area contributed by atoms with Crippen LogP contribution in [0.15, 0.2) is 72.7 Å². The third-order valence-electron chi connectivity index (χ3n) is 6.09. The van der Waals surface area contributed by atoms with Gasteiger partial charge in [0, 0.05) is 25.9 Å².